The summed E-state index contributed by atoms with van der Waals surface area (Å²) in [7, 11) is 7.87. The molecule has 0 aliphatic carbocycles. The van der Waals surface area contributed by atoms with Gasteiger partial charge in [-0.25, -0.2) is 0 Å². The second-order valence-electron chi connectivity index (χ2n) is 6.83. The van der Waals surface area contributed by atoms with Gasteiger partial charge in [-0.3, -0.25) is 4.79 Å². The lowest BCUT2D eigenvalue weighted by Gasteiger charge is -2.14. The quantitative estimate of drug-likeness (QED) is 0.511. The maximum absolute atomic E-state index is 12.6. The first-order valence-electron chi connectivity index (χ1n) is 9.89. The third-order valence-corrected chi connectivity index (χ3v) is 4.95. The summed E-state index contributed by atoms with van der Waals surface area (Å²) in [5.41, 5.74) is 1.66. The number of hydrogen-bond acceptors (Lipinski definition) is 7. The van der Waals surface area contributed by atoms with Crippen LogP contribution in [0.2, 0.25) is 0 Å². The van der Waals surface area contributed by atoms with Gasteiger partial charge in [0.15, 0.2) is 17.3 Å². The van der Waals surface area contributed by atoms with E-state index in [1.165, 1.54) is 0 Å². The summed E-state index contributed by atoms with van der Waals surface area (Å²) in [5.74, 6) is 3.56. The second-order valence-corrected chi connectivity index (χ2v) is 6.83. The van der Waals surface area contributed by atoms with Crippen LogP contribution in [0.15, 0.2) is 46.9 Å². The van der Waals surface area contributed by atoms with Crippen LogP contribution in [-0.4, -0.2) is 41.5 Å². The molecule has 32 heavy (non-hydrogen) atoms. The standard InChI is InChI=1S/C24H27NO7/c1-27-17-12-21(29-3)18(22(13-17)30-4)11-16-7-9-20(32-16)24(26)25-14-15-6-8-19(28-2)23(10-15)31-5/h6-10,12-13H,11,14H2,1-5H3,(H,25,26). The number of benzene rings is 2. The van der Waals surface area contributed by atoms with E-state index in [-0.39, 0.29) is 11.7 Å². The van der Waals surface area contributed by atoms with E-state index in [2.05, 4.69) is 5.32 Å². The first kappa shape index (κ1) is 22.9. The van der Waals surface area contributed by atoms with Gasteiger partial charge in [0.1, 0.15) is 23.0 Å². The SMILES string of the molecule is COc1cc(OC)c(Cc2ccc(C(=O)NCc3ccc(OC)c(OC)c3)o2)c(OC)c1. The zero-order valence-corrected chi connectivity index (χ0v) is 18.8. The van der Waals surface area contributed by atoms with Gasteiger partial charge in [-0.05, 0) is 29.8 Å². The van der Waals surface area contributed by atoms with Crippen LogP contribution >= 0.6 is 0 Å². The van der Waals surface area contributed by atoms with Gasteiger partial charge in [0.2, 0.25) is 0 Å². The maximum atomic E-state index is 12.6. The summed E-state index contributed by atoms with van der Waals surface area (Å²) < 4.78 is 32.5. The maximum Gasteiger partial charge on any atom is 0.287 e. The number of methoxy groups -OCH3 is 5. The van der Waals surface area contributed by atoms with Crippen molar-refractivity contribution in [2.24, 2.45) is 0 Å². The molecular weight excluding hydrogens is 414 g/mol. The van der Waals surface area contributed by atoms with Crippen molar-refractivity contribution < 1.29 is 32.9 Å². The minimum absolute atomic E-state index is 0.215. The van der Waals surface area contributed by atoms with E-state index < -0.39 is 0 Å². The zero-order valence-electron chi connectivity index (χ0n) is 18.8. The number of hydrogen-bond donors (Lipinski definition) is 1. The fourth-order valence-corrected chi connectivity index (χ4v) is 3.28. The number of rotatable bonds is 10. The van der Waals surface area contributed by atoms with Crippen molar-refractivity contribution in [2.45, 2.75) is 13.0 Å². The van der Waals surface area contributed by atoms with Crippen LogP contribution < -0.4 is 29.0 Å². The molecule has 0 spiro atoms. The van der Waals surface area contributed by atoms with E-state index in [9.17, 15) is 4.79 Å². The Morgan fingerprint density at radius 3 is 2.03 bits per heavy atom. The van der Waals surface area contributed by atoms with Gasteiger partial charge in [0.05, 0.1) is 35.5 Å². The highest BCUT2D eigenvalue weighted by Gasteiger charge is 2.17. The van der Waals surface area contributed by atoms with E-state index >= 15 is 0 Å². The van der Waals surface area contributed by atoms with E-state index in [4.69, 9.17) is 28.1 Å². The molecule has 0 aliphatic heterocycles. The lowest BCUT2D eigenvalue weighted by Crippen LogP contribution is -2.22. The Kier molecular flexibility index (Phi) is 7.49. The molecule has 3 rings (SSSR count). The molecule has 0 saturated heterocycles. The fourth-order valence-electron chi connectivity index (χ4n) is 3.28. The van der Waals surface area contributed by atoms with E-state index in [0.29, 0.717) is 47.5 Å². The first-order valence-corrected chi connectivity index (χ1v) is 9.89. The minimum atomic E-state index is -0.320. The Bertz CT molecular complexity index is 1050. The minimum Gasteiger partial charge on any atom is -0.496 e. The number of ether oxygens (including phenoxy) is 5. The molecule has 0 bridgehead atoms. The van der Waals surface area contributed by atoms with Crippen molar-refractivity contribution in [3.63, 3.8) is 0 Å². The normalized spacial score (nSPS) is 10.4. The van der Waals surface area contributed by atoms with Crippen molar-refractivity contribution in [3.8, 4) is 28.7 Å². The molecule has 170 valence electrons. The largest absolute Gasteiger partial charge is 0.496 e. The highest BCUT2D eigenvalue weighted by molar-refractivity contribution is 5.91. The molecule has 1 amide bonds. The molecular formula is C24H27NO7. The van der Waals surface area contributed by atoms with Crippen molar-refractivity contribution in [3.05, 3.63) is 65.1 Å². The Hall–Kier alpha value is -3.81. The lowest BCUT2D eigenvalue weighted by molar-refractivity contribution is 0.0921. The van der Waals surface area contributed by atoms with Gasteiger partial charge >= 0.3 is 0 Å². The molecule has 8 heteroatoms. The van der Waals surface area contributed by atoms with Crippen molar-refractivity contribution >= 4 is 5.91 Å². The third kappa shape index (κ3) is 5.08. The molecule has 0 radical (unpaired) electrons. The van der Waals surface area contributed by atoms with Crippen molar-refractivity contribution in [2.75, 3.05) is 35.5 Å². The molecule has 0 saturated carbocycles. The summed E-state index contributed by atoms with van der Waals surface area (Å²) in [6.07, 6.45) is 0.388. The van der Waals surface area contributed by atoms with Gasteiger partial charge in [0.25, 0.3) is 5.91 Å². The van der Waals surface area contributed by atoms with Crippen LogP contribution in [0.25, 0.3) is 0 Å². The number of nitrogens with one attached hydrogen (secondary N) is 1. The number of carbonyl (C=O) groups excluding carboxylic acids is 1. The van der Waals surface area contributed by atoms with Crippen LogP contribution in [0.3, 0.4) is 0 Å². The average molecular weight is 441 g/mol. The number of furan rings is 1. The number of amides is 1. The third-order valence-electron chi connectivity index (χ3n) is 4.95. The lowest BCUT2D eigenvalue weighted by atomic mass is 10.1. The van der Waals surface area contributed by atoms with Crippen molar-refractivity contribution in [1.29, 1.82) is 0 Å². The molecule has 0 atom stereocenters. The van der Waals surface area contributed by atoms with Crippen molar-refractivity contribution in [1.82, 2.24) is 5.32 Å². The molecule has 2 aromatic carbocycles. The van der Waals surface area contributed by atoms with E-state index in [0.717, 1.165) is 11.1 Å². The summed E-state index contributed by atoms with van der Waals surface area (Å²) >= 11 is 0. The fraction of sp³-hybridized carbons (Fsp3) is 0.292. The van der Waals surface area contributed by atoms with Crippen LogP contribution in [0, 0.1) is 0 Å². The highest BCUT2D eigenvalue weighted by Crippen LogP contribution is 2.36. The van der Waals surface area contributed by atoms with E-state index in [1.807, 2.05) is 12.1 Å². The highest BCUT2D eigenvalue weighted by atomic mass is 16.5. The monoisotopic (exact) mass is 441 g/mol. The molecule has 0 fully saturated rings. The molecule has 0 aliphatic rings. The summed E-state index contributed by atoms with van der Waals surface area (Å²) in [5, 5.41) is 2.85. The first-order chi connectivity index (χ1) is 15.5. The van der Waals surface area contributed by atoms with E-state index in [1.54, 1.807) is 65.9 Å². The van der Waals surface area contributed by atoms with Crippen LogP contribution in [0.5, 0.6) is 28.7 Å². The second kappa shape index (κ2) is 10.5. The predicted octanol–water partition coefficient (Wildman–Crippen LogP) is 3.84. The molecule has 1 N–H and O–H groups in total. The molecule has 0 unspecified atom stereocenters. The van der Waals surface area contributed by atoms with Crippen LogP contribution in [0.1, 0.15) is 27.4 Å². The average Bonchev–Trinajstić information content (AvgIpc) is 3.30. The molecule has 1 heterocycles. The topological polar surface area (TPSA) is 88.4 Å². The summed E-state index contributed by atoms with van der Waals surface area (Å²) in [6, 6.07) is 12.4. The predicted molar refractivity (Wildman–Crippen MR) is 118 cm³/mol. The van der Waals surface area contributed by atoms with Gasteiger partial charge in [0, 0.05) is 30.7 Å². The smallest absolute Gasteiger partial charge is 0.287 e. The van der Waals surface area contributed by atoms with Gasteiger partial charge in [-0.15, -0.1) is 0 Å². The Morgan fingerprint density at radius 1 is 0.781 bits per heavy atom. The Labute approximate surface area is 187 Å². The van der Waals surface area contributed by atoms with Gasteiger partial charge in [-0.1, -0.05) is 6.07 Å². The van der Waals surface area contributed by atoms with Crippen LogP contribution in [-0.2, 0) is 13.0 Å². The molecule has 8 nitrogen and oxygen atoms in total. The Morgan fingerprint density at radius 2 is 1.44 bits per heavy atom. The zero-order chi connectivity index (χ0) is 23.1. The summed E-state index contributed by atoms with van der Waals surface area (Å²) in [4.78, 5) is 12.6. The number of carbonyl (C=O) groups is 1. The Balaban J connectivity index is 1.70. The van der Waals surface area contributed by atoms with Crippen LogP contribution in [0.4, 0.5) is 0 Å². The van der Waals surface area contributed by atoms with Gasteiger partial charge < -0.3 is 33.4 Å². The molecule has 1 aromatic heterocycles. The molecule has 3 aromatic rings. The van der Waals surface area contributed by atoms with Gasteiger partial charge in [-0.2, -0.15) is 0 Å². The summed E-state index contributed by atoms with van der Waals surface area (Å²) in [6.45, 7) is 0.315.